The lowest BCUT2D eigenvalue weighted by molar-refractivity contribution is -0.229. The van der Waals surface area contributed by atoms with Crippen molar-refractivity contribution in [2.45, 2.75) is 45.3 Å². The van der Waals surface area contributed by atoms with Crippen LogP contribution in [0.4, 0.5) is 0 Å². The van der Waals surface area contributed by atoms with Crippen molar-refractivity contribution in [2.75, 3.05) is 0 Å². The molecule has 3 aromatic carbocycles. The Kier molecular flexibility index (Phi) is 8.51. The minimum atomic E-state index is -2.43. The molecule has 0 saturated carbocycles. The molecular formula is C27H35O3Si4. The van der Waals surface area contributed by atoms with Crippen LogP contribution in [0.3, 0.4) is 0 Å². The first-order valence-electron chi connectivity index (χ1n) is 11.6. The monoisotopic (exact) mass is 519 g/mol. The molecule has 3 nitrogen and oxygen atoms in total. The van der Waals surface area contributed by atoms with Gasteiger partial charge in [0.1, 0.15) is 0 Å². The van der Waals surface area contributed by atoms with Crippen molar-refractivity contribution in [3.8, 4) is 0 Å². The highest BCUT2D eigenvalue weighted by Crippen LogP contribution is 2.31. The van der Waals surface area contributed by atoms with Crippen LogP contribution in [0.1, 0.15) is 0 Å². The van der Waals surface area contributed by atoms with Gasteiger partial charge < -0.3 is 13.3 Å². The molecule has 3 radical (unpaired) electrons. The molecule has 0 saturated heterocycles. The highest BCUT2D eigenvalue weighted by Gasteiger charge is 2.48. The Bertz CT molecular complexity index is 939. The molecule has 0 bridgehead atoms. The average molecular weight is 520 g/mol. The summed E-state index contributed by atoms with van der Waals surface area (Å²) >= 11 is 0. The van der Waals surface area contributed by atoms with E-state index in [1.807, 2.05) is 24.3 Å². The van der Waals surface area contributed by atoms with Gasteiger partial charge >= 0.3 is 0 Å². The van der Waals surface area contributed by atoms with Crippen LogP contribution < -0.4 is 15.6 Å². The van der Waals surface area contributed by atoms with Crippen LogP contribution in [-0.4, -0.2) is 41.2 Å². The quantitative estimate of drug-likeness (QED) is 0.287. The number of hydrogen-bond donors (Lipinski definition) is 0. The molecule has 177 valence electrons. The average Bonchev–Trinajstić information content (AvgIpc) is 2.80. The van der Waals surface area contributed by atoms with Gasteiger partial charge in [-0.2, -0.15) is 0 Å². The maximum atomic E-state index is 7.01. The number of hydrogen-bond acceptors (Lipinski definition) is 3. The molecule has 0 unspecified atom stereocenters. The van der Waals surface area contributed by atoms with Gasteiger partial charge in [0, 0.05) is 0 Å². The molecule has 0 aliphatic carbocycles. The van der Waals surface area contributed by atoms with E-state index in [0.29, 0.717) is 0 Å². The van der Waals surface area contributed by atoms with E-state index in [1.54, 1.807) is 5.70 Å². The van der Waals surface area contributed by atoms with Gasteiger partial charge in [-0.05, 0) is 60.9 Å². The first kappa shape index (κ1) is 26.7. The predicted molar refractivity (Wildman–Crippen MR) is 152 cm³/mol. The number of benzene rings is 3. The first-order chi connectivity index (χ1) is 16.0. The molecule has 0 N–H and O–H groups in total. The Morgan fingerprint density at radius 1 is 0.529 bits per heavy atom. The van der Waals surface area contributed by atoms with Crippen LogP contribution >= 0.6 is 0 Å². The van der Waals surface area contributed by atoms with E-state index >= 15 is 0 Å². The zero-order valence-corrected chi connectivity index (χ0v) is 25.0. The van der Waals surface area contributed by atoms with Crippen molar-refractivity contribution in [1.82, 2.24) is 0 Å². The SMILES string of the molecule is C[Si](C)(OC(C=C[Si])(O[Si](C)(C)c1ccccc1)O[Si](C)(C)c1ccccc1)c1ccccc1. The van der Waals surface area contributed by atoms with Crippen LogP contribution in [0.2, 0.25) is 39.3 Å². The largest absolute Gasteiger partial charge is 0.363 e. The van der Waals surface area contributed by atoms with Gasteiger partial charge in [-0.1, -0.05) is 96.7 Å². The smallest absolute Gasteiger partial charge is 0.276 e. The second-order valence-corrected chi connectivity index (χ2v) is 21.6. The summed E-state index contributed by atoms with van der Waals surface area (Å²) in [6.07, 6.45) is 1.89. The zero-order valence-electron chi connectivity index (χ0n) is 21.0. The summed E-state index contributed by atoms with van der Waals surface area (Å²) in [5, 5.41) is 3.56. The molecule has 3 rings (SSSR count). The molecule has 7 heteroatoms. The third-order valence-corrected chi connectivity index (χ3v) is 13.6. The summed E-state index contributed by atoms with van der Waals surface area (Å²) in [6, 6.07) is 31.2. The number of rotatable bonds is 10. The van der Waals surface area contributed by atoms with Crippen molar-refractivity contribution < 1.29 is 13.3 Å². The maximum absolute atomic E-state index is 7.01. The molecular weight excluding hydrogens is 485 g/mol. The standard InChI is InChI=1S/C27H35O3Si4/c1-32(2,24-16-10-7-11-17-24)28-27(22-23-31,29-33(3,4)25-18-12-8-13-19-25)30-34(5,6)26-20-14-9-15-21-26/h7-23H,1-6H3. The van der Waals surface area contributed by atoms with E-state index in [2.05, 4.69) is 122 Å². The van der Waals surface area contributed by atoms with Crippen molar-refractivity contribution in [3.63, 3.8) is 0 Å². The summed E-state index contributed by atoms with van der Waals surface area (Å²) in [5.74, 6) is -1.33. The van der Waals surface area contributed by atoms with Crippen molar-refractivity contribution in [3.05, 3.63) is 103 Å². The van der Waals surface area contributed by atoms with Crippen molar-refractivity contribution >= 4 is 50.8 Å². The summed E-state index contributed by atoms with van der Waals surface area (Å²) in [5.41, 5.74) is 1.79. The van der Waals surface area contributed by atoms with E-state index in [4.69, 9.17) is 13.3 Å². The molecule has 34 heavy (non-hydrogen) atoms. The van der Waals surface area contributed by atoms with Gasteiger partial charge in [-0.3, -0.25) is 0 Å². The van der Waals surface area contributed by atoms with Gasteiger partial charge in [0.2, 0.25) is 25.0 Å². The van der Waals surface area contributed by atoms with Crippen molar-refractivity contribution in [2.24, 2.45) is 0 Å². The molecule has 3 aromatic rings. The van der Waals surface area contributed by atoms with Crippen LogP contribution in [0, 0.1) is 0 Å². The fourth-order valence-electron chi connectivity index (χ4n) is 4.03. The molecule has 0 aliphatic rings. The first-order valence-corrected chi connectivity index (χ1v) is 20.9. The van der Waals surface area contributed by atoms with E-state index in [0.717, 1.165) is 0 Å². The lowest BCUT2D eigenvalue weighted by atomic mass is 10.4. The third kappa shape index (κ3) is 6.63. The van der Waals surface area contributed by atoms with E-state index in [-0.39, 0.29) is 0 Å². The fourth-order valence-corrected chi connectivity index (χ4v) is 10.4. The van der Waals surface area contributed by atoms with Crippen molar-refractivity contribution in [1.29, 1.82) is 0 Å². The maximum Gasteiger partial charge on any atom is 0.276 e. The van der Waals surface area contributed by atoms with Crippen LogP contribution in [0.15, 0.2) is 103 Å². The Balaban J connectivity index is 2.09. The van der Waals surface area contributed by atoms with Crippen LogP contribution in [0.5, 0.6) is 0 Å². The van der Waals surface area contributed by atoms with Gasteiger partial charge in [0.25, 0.3) is 5.97 Å². The minimum absolute atomic E-state index is 1.19. The molecule has 0 atom stereocenters. The minimum Gasteiger partial charge on any atom is -0.363 e. The summed E-state index contributed by atoms with van der Waals surface area (Å²) in [4.78, 5) is 0. The normalized spacial score (nSPS) is 13.4. The Hall–Kier alpha value is -1.85. The third-order valence-electron chi connectivity index (χ3n) is 5.89. The molecule has 0 spiro atoms. The predicted octanol–water partition coefficient (Wildman–Crippen LogP) is 4.71. The van der Waals surface area contributed by atoms with Gasteiger partial charge in [-0.25, -0.2) is 0 Å². The second-order valence-electron chi connectivity index (χ2n) is 9.87. The Labute approximate surface area is 211 Å². The zero-order chi connectivity index (χ0) is 24.9. The molecule has 0 aromatic heterocycles. The second kappa shape index (κ2) is 10.8. The summed E-state index contributed by atoms with van der Waals surface area (Å²) in [7, 11) is -3.74. The Morgan fingerprint density at radius 2 is 0.794 bits per heavy atom. The lowest BCUT2D eigenvalue weighted by Gasteiger charge is -2.45. The molecule has 0 amide bonds. The highest BCUT2D eigenvalue weighted by atomic mass is 28.4. The fraction of sp³-hybridized carbons (Fsp3) is 0.259. The highest BCUT2D eigenvalue weighted by molar-refractivity contribution is 6.86. The molecule has 0 heterocycles. The van der Waals surface area contributed by atoms with E-state index < -0.39 is 30.9 Å². The topological polar surface area (TPSA) is 27.7 Å². The van der Waals surface area contributed by atoms with Gasteiger partial charge in [0.05, 0.1) is 10.2 Å². The van der Waals surface area contributed by atoms with Gasteiger partial charge in [-0.15, -0.1) is 0 Å². The van der Waals surface area contributed by atoms with Crippen LogP contribution in [-0.2, 0) is 13.3 Å². The Morgan fingerprint density at radius 3 is 1.03 bits per heavy atom. The van der Waals surface area contributed by atoms with E-state index in [1.165, 1.54) is 15.6 Å². The summed E-state index contributed by atoms with van der Waals surface area (Å²) in [6.45, 7) is 13.2. The molecule has 0 fully saturated rings. The van der Waals surface area contributed by atoms with E-state index in [9.17, 15) is 0 Å². The lowest BCUT2D eigenvalue weighted by Crippen LogP contribution is -2.63. The summed E-state index contributed by atoms with van der Waals surface area (Å²) < 4.78 is 21.0. The van der Waals surface area contributed by atoms with Gasteiger partial charge in [0.15, 0.2) is 0 Å². The molecule has 0 aliphatic heterocycles. The van der Waals surface area contributed by atoms with Crippen LogP contribution in [0.25, 0.3) is 0 Å².